The van der Waals surface area contributed by atoms with E-state index in [1.54, 1.807) is 0 Å². The highest BCUT2D eigenvalue weighted by Crippen LogP contribution is 2.46. The number of carbonyl (C=O) groups excluding carboxylic acids is 2. The molecule has 2 aromatic heterocycles. The summed E-state index contributed by atoms with van der Waals surface area (Å²) in [6.07, 6.45) is 0.0323. The Kier molecular flexibility index (Phi) is 6.97. The summed E-state index contributed by atoms with van der Waals surface area (Å²) in [5, 5.41) is 3.14. The van der Waals surface area contributed by atoms with Crippen molar-refractivity contribution in [3.05, 3.63) is 51.5 Å². The first kappa shape index (κ1) is 29.2. The minimum absolute atomic E-state index is 0.0432. The van der Waals surface area contributed by atoms with Crippen LogP contribution in [0.5, 0.6) is 0 Å². The van der Waals surface area contributed by atoms with Crippen molar-refractivity contribution in [2.24, 2.45) is 5.73 Å². The second-order valence-electron chi connectivity index (χ2n) is 11.8. The summed E-state index contributed by atoms with van der Waals surface area (Å²) in [5.74, 6) is -0.948. The van der Waals surface area contributed by atoms with Gasteiger partial charge in [0.25, 0.3) is 5.91 Å². The van der Waals surface area contributed by atoms with E-state index in [1.165, 1.54) is 4.90 Å². The zero-order valence-corrected chi connectivity index (χ0v) is 25.1. The number of halogens is 3. The Bertz CT molecular complexity index is 1800. The standard InChI is InChI=1S/C29H29F3N6O4S2/c30-29(31,32)20-12-34-28(35-21-10-16-5-6-37(14-24(33)39)13-17(16)9-19(21)15-1-2-15)36-25(20)22-11-23-26(43-22)27(40)38(18-3-4-18)7-8-44(23,41)42/h9-12,15,18H,1-8,13-14H2,(H2,33,39)(H,34,35,36). The van der Waals surface area contributed by atoms with E-state index in [-0.39, 0.29) is 51.4 Å². The van der Waals surface area contributed by atoms with Crippen molar-refractivity contribution in [3.8, 4) is 10.6 Å². The number of hydrogen-bond acceptors (Lipinski definition) is 9. The van der Waals surface area contributed by atoms with E-state index < -0.39 is 39.1 Å². The number of fused-ring (bicyclic) bond motifs is 2. The minimum atomic E-state index is -4.82. The average molecular weight is 647 g/mol. The summed E-state index contributed by atoms with van der Waals surface area (Å²) in [6.45, 7) is 1.44. The predicted molar refractivity (Wildman–Crippen MR) is 156 cm³/mol. The van der Waals surface area contributed by atoms with Crippen molar-refractivity contribution in [1.29, 1.82) is 0 Å². The summed E-state index contributed by atoms with van der Waals surface area (Å²) < 4.78 is 68.8. The predicted octanol–water partition coefficient (Wildman–Crippen LogP) is 4.08. The number of sulfone groups is 1. The van der Waals surface area contributed by atoms with Crippen molar-refractivity contribution < 1.29 is 31.2 Å². The summed E-state index contributed by atoms with van der Waals surface area (Å²) in [4.78, 5) is 36.1. The number of carbonyl (C=O) groups is 2. The minimum Gasteiger partial charge on any atom is -0.369 e. The van der Waals surface area contributed by atoms with Gasteiger partial charge in [-0.3, -0.25) is 14.5 Å². The highest BCUT2D eigenvalue weighted by Gasteiger charge is 2.42. The molecule has 15 heteroatoms. The molecular weight excluding hydrogens is 617 g/mol. The molecule has 4 heterocycles. The first-order valence-electron chi connectivity index (χ1n) is 14.4. The number of benzene rings is 1. The van der Waals surface area contributed by atoms with Gasteiger partial charge in [0.2, 0.25) is 11.9 Å². The number of anilines is 2. The van der Waals surface area contributed by atoms with Crippen molar-refractivity contribution in [2.45, 2.75) is 61.7 Å². The molecule has 0 saturated heterocycles. The third-order valence-corrected chi connectivity index (χ3v) is 11.5. The highest BCUT2D eigenvalue weighted by atomic mass is 32.2. The molecule has 0 unspecified atom stereocenters. The number of thiophene rings is 1. The number of primary amides is 1. The van der Waals surface area contributed by atoms with Gasteiger partial charge >= 0.3 is 6.18 Å². The van der Waals surface area contributed by atoms with Crippen LogP contribution in [0.4, 0.5) is 24.8 Å². The van der Waals surface area contributed by atoms with Gasteiger partial charge in [0, 0.05) is 37.6 Å². The van der Waals surface area contributed by atoms with Crippen LogP contribution in [-0.2, 0) is 33.8 Å². The van der Waals surface area contributed by atoms with Gasteiger partial charge in [-0.2, -0.15) is 13.2 Å². The molecule has 2 amide bonds. The molecule has 7 rings (SSSR count). The molecule has 2 aliphatic carbocycles. The van der Waals surface area contributed by atoms with Gasteiger partial charge in [0.15, 0.2) is 9.84 Å². The number of aromatic nitrogens is 2. The van der Waals surface area contributed by atoms with E-state index >= 15 is 0 Å². The molecule has 3 aromatic rings. The molecule has 3 N–H and O–H groups in total. The molecule has 0 spiro atoms. The van der Waals surface area contributed by atoms with Crippen LogP contribution in [0.2, 0.25) is 0 Å². The van der Waals surface area contributed by atoms with E-state index in [0.29, 0.717) is 31.4 Å². The fourth-order valence-electron chi connectivity index (χ4n) is 6.01. The molecule has 44 heavy (non-hydrogen) atoms. The van der Waals surface area contributed by atoms with Crippen molar-refractivity contribution in [2.75, 3.05) is 30.7 Å². The fourth-order valence-corrected chi connectivity index (χ4v) is 8.92. The number of nitrogens with zero attached hydrogens (tertiary/aromatic N) is 4. The highest BCUT2D eigenvalue weighted by molar-refractivity contribution is 7.91. The molecule has 2 saturated carbocycles. The molecule has 4 aliphatic rings. The summed E-state index contributed by atoms with van der Waals surface area (Å²) in [5.41, 5.74) is 7.60. The molecule has 0 atom stereocenters. The normalized spacial score (nSPS) is 20.2. The Morgan fingerprint density at radius 3 is 2.57 bits per heavy atom. The van der Waals surface area contributed by atoms with Crippen LogP contribution in [0, 0.1) is 0 Å². The van der Waals surface area contributed by atoms with Crippen molar-refractivity contribution in [3.63, 3.8) is 0 Å². The maximum atomic E-state index is 14.2. The van der Waals surface area contributed by atoms with Crippen LogP contribution >= 0.6 is 11.3 Å². The number of hydrogen-bond donors (Lipinski definition) is 2. The number of amides is 2. The van der Waals surface area contributed by atoms with Crippen LogP contribution in [-0.4, -0.2) is 71.4 Å². The van der Waals surface area contributed by atoms with Gasteiger partial charge in [-0.25, -0.2) is 18.4 Å². The Hall–Kier alpha value is -3.56. The zero-order chi connectivity index (χ0) is 31.0. The lowest BCUT2D eigenvalue weighted by atomic mass is 9.94. The van der Waals surface area contributed by atoms with Crippen LogP contribution < -0.4 is 11.1 Å². The smallest absolute Gasteiger partial charge is 0.369 e. The average Bonchev–Trinajstić information content (AvgIpc) is 3.89. The number of nitrogens with two attached hydrogens (primary N) is 1. The van der Waals surface area contributed by atoms with E-state index in [0.717, 1.165) is 59.8 Å². The summed E-state index contributed by atoms with van der Waals surface area (Å²) in [6, 6.07) is 5.15. The van der Waals surface area contributed by atoms with Crippen molar-refractivity contribution >= 4 is 44.6 Å². The molecule has 0 radical (unpaired) electrons. The lowest BCUT2D eigenvalue weighted by Gasteiger charge is -2.29. The first-order valence-corrected chi connectivity index (χ1v) is 16.9. The fraction of sp³-hybridized carbons (Fsp3) is 0.448. The first-order chi connectivity index (χ1) is 20.9. The number of rotatable bonds is 7. The second kappa shape index (κ2) is 10.5. The van der Waals surface area contributed by atoms with E-state index in [9.17, 15) is 31.2 Å². The quantitative estimate of drug-likeness (QED) is 0.392. The lowest BCUT2D eigenvalue weighted by Crippen LogP contribution is -2.37. The van der Waals surface area contributed by atoms with Crippen LogP contribution in [0.3, 0.4) is 0 Å². The summed E-state index contributed by atoms with van der Waals surface area (Å²) >= 11 is 0.721. The molecule has 1 aromatic carbocycles. The molecule has 232 valence electrons. The lowest BCUT2D eigenvalue weighted by molar-refractivity contribution is -0.137. The molecule has 10 nitrogen and oxygen atoms in total. The maximum Gasteiger partial charge on any atom is 0.420 e. The van der Waals surface area contributed by atoms with Gasteiger partial charge in [0.05, 0.1) is 27.8 Å². The SMILES string of the molecule is NC(=O)CN1CCc2cc(Nc3ncc(C(F)(F)F)c(-c4cc5c(s4)C(=O)N(C4CC4)CCS5(=O)=O)n3)c(C3CC3)cc2C1. The Morgan fingerprint density at radius 2 is 1.89 bits per heavy atom. The van der Waals surface area contributed by atoms with Gasteiger partial charge < -0.3 is 16.0 Å². The largest absolute Gasteiger partial charge is 0.420 e. The van der Waals surface area contributed by atoms with E-state index in [4.69, 9.17) is 5.73 Å². The Morgan fingerprint density at radius 1 is 1.11 bits per heavy atom. The monoisotopic (exact) mass is 646 g/mol. The summed E-state index contributed by atoms with van der Waals surface area (Å²) in [7, 11) is -3.89. The third kappa shape index (κ3) is 5.56. The third-order valence-electron chi connectivity index (χ3n) is 8.51. The van der Waals surface area contributed by atoms with Gasteiger partial charge in [-0.15, -0.1) is 11.3 Å². The second-order valence-corrected chi connectivity index (χ2v) is 15.0. The topological polar surface area (TPSA) is 139 Å². The number of nitrogens with one attached hydrogen (secondary N) is 1. The van der Waals surface area contributed by atoms with Gasteiger partial charge in [-0.05, 0) is 66.8 Å². The van der Waals surface area contributed by atoms with E-state index in [2.05, 4.69) is 21.4 Å². The van der Waals surface area contributed by atoms with Crippen LogP contribution in [0.25, 0.3) is 10.6 Å². The van der Waals surface area contributed by atoms with Crippen LogP contribution in [0.15, 0.2) is 29.3 Å². The molecular formula is C29H29F3N6O4S2. The van der Waals surface area contributed by atoms with Gasteiger partial charge in [0.1, 0.15) is 10.4 Å². The molecule has 2 fully saturated rings. The number of alkyl halides is 3. The van der Waals surface area contributed by atoms with E-state index in [1.807, 2.05) is 11.0 Å². The maximum absolute atomic E-state index is 14.2. The molecule has 0 bridgehead atoms. The Balaban J connectivity index is 1.27. The zero-order valence-electron chi connectivity index (χ0n) is 23.5. The van der Waals surface area contributed by atoms with Crippen LogP contribution in [0.1, 0.15) is 63.5 Å². The Labute approximate surface area is 255 Å². The molecule has 2 aliphatic heterocycles. The van der Waals surface area contributed by atoms with Crippen molar-refractivity contribution in [1.82, 2.24) is 19.8 Å². The van der Waals surface area contributed by atoms with Gasteiger partial charge in [-0.1, -0.05) is 6.07 Å².